The van der Waals surface area contributed by atoms with Gasteiger partial charge in [0.15, 0.2) is 4.87 Å². The molecule has 1 spiro atoms. The van der Waals surface area contributed by atoms with E-state index in [0.29, 0.717) is 30.2 Å². The normalized spacial score (nSPS) is 23.7. The maximum atomic E-state index is 13.8. The highest BCUT2D eigenvalue weighted by atomic mass is 32.2. The van der Waals surface area contributed by atoms with E-state index in [-0.39, 0.29) is 17.6 Å². The van der Waals surface area contributed by atoms with Gasteiger partial charge in [-0.1, -0.05) is 42.1 Å². The maximum Gasteiger partial charge on any atom is 0.241 e. The fourth-order valence-corrected chi connectivity index (χ4v) is 5.28. The van der Waals surface area contributed by atoms with Crippen LogP contribution in [0.25, 0.3) is 0 Å². The zero-order chi connectivity index (χ0) is 19.0. The molecule has 2 aromatic carbocycles. The summed E-state index contributed by atoms with van der Waals surface area (Å²) in [4.78, 5) is 11.8. The molecule has 2 atom stereocenters. The molecule has 1 amide bonds. The molecule has 0 saturated heterocycles. The van der Waals surface area contributed by atoms with Gasteiger partial charge < -0.3 is 10.5 Å². The lowest BCUT2D eigenvalue weighted by molar-refractivity contribution is -0.134. The number of nitrogens with zero attached hydrogens (tertiary/aromatic N) is 2. The first-order valence-corrected chi connectivity index (χ1v) is 9.64. The van der Waals surface area contributed by atoms with Gasteiger partial charge >= 0.3 is 0 Å². The van der Waals surface area contributed by atoms with E-state index < -0.39 is 4.87 Å². The molecule has 4 rings (SSSR count). The standard InChI is InChI=1S/C20H20FN3O2S/c1-13(25)24-20(27-19(23-24)14-5-4-6-16(21)11-14)15(9-10-22)12-26-18-8-3-2-7-17(18)20/h2-8,11,15H,9-10,12,22H2,1H3/t15-,20-/m0/s1. The Bertz CT molecular complexity index is 920. The first-order valence-electron chi connectivity index (χ1n) is 8.83. The molecule has 0 unspecified atom stereocenters. The maximum absolute atomic E-state index is 13.8. The predicted molar refractivity (Wildman–Crippen MR) is 104 cm³/mol. The van der Waals surface area contributed by atoms with Crippen LogP contribution in [-0.4, -0.2) is 29.1 Å². The van der Waals surface area contributed by atoms with Crippen molar-refractivity contribution in [2.24, 2.45) is 16.8 Å². The van der Waals surface area contributed by atoms with Gasteiger partial charge in [0.05, 0.1) is 6.61 Å². The number of halogens is 1. The second-order valence-electron chi connectivity index (χ2n) is 6.63. The number of para-hydroxylation sites is 1. The molecule has 0 radical (unpaired) electrons. The summed E-state index contributed by atoms with van der Waals surface area (Å²) in [5.41, 5.74) is 7.41. The second-order valence-corrected chi connectivity index (χ2v) is 7.84. The summed E-state index contributed by atoms with van der Waals surface area (Å²) < 4.78 is 19.7. The molecule has 2 aliphatic rings. The molecule has 0 aliphatic carbocycles. The molecule has 0 bridgehead atoms. The third kappa shape index (κ3) is 2.91. The molecule has 2 N–H and O–H groups in total. The van der Waals surface area contributed by atoms with Crippen molar-refractivity contribution in [3.63, 3.8) is 0 Å². The van der Waals surface area contributed by atoms with Crippen molar-refractivity contribution in [3.8, 4) is 5.75 Å². The van der Waals surface area contributed by atoms with Crippen LogP contribution in [0.2, 0.25) is 0 Å². The number of carbonyl (C=O) groups excluding carboxylic acids is 1. The monoisotopic (exact) mass is 385 g/mol. The third-order valence-electron chi connectivity index (χ3n) is 4.91. The van der Waals surface area contributed by atoms with Crippen molar-refractivity contribution in [1.29, 1.82) is 0 Å². The number of hydrogen-bond acceptors (Lipinski definition) is 5. The van der Waals surface area contributed by atoms with Gasteiger partial charge in [-0.2, -0.15) is 5.10 Å². The lowest BCUT2D eigenvalue weighted by Gasteiger charge is -2.45. The molecule has 7 heteroatoms. The highest BCUT2D eigenvalue weighted by Gasteiger charge is 2.56. The molecule has 2 heterocycles. The average Bonchev–Trinajstić information content (AvgIpc) is 3.06. The highest BCUT2D eigenvalue weighted by Crippen LogP contribution is 2.57. The van der Waals surface area contributed by atoms with Crippen molar-refractivity contribution in [1.82, 2.24) is 5.01 Å². The number of ether oxygens (including phenoxy) is 1. The van der Waals surface area contributed by atoms with Crippen molar-refractivity contribution in [2.75, 3.05) is 13.2 Å². The largest absolute Gasteiger partial charge is 0.493 e. The number of nitrogens with two attached hydrogens (primary N) is 1. The number of benzene rings is 2. The Kier molecular flexibility index (Phi) is 4.65. The Balaban J connectivity index is 1.87. The van der Waals surface area contributed by atoms with Crippen molar-refractivity contribution in [2.45, 2.75) is 18.2 Å². The van der Waals surface area contributed by atoms with Gasteiger partial charge in [0.2, 0.25) is 5.91 Å². The molecular formula is C20H20FN3O2S. The zero-order valence-electron chi connectivity index (χ0n) is 14.9. The minimum absolute atomic E-state index is 0.0406. The van der Waals surface area contributed by atoms with Crippen molar-refractivity contribution < 1.29 is 13.9 Å². The average molecular weight is 385 g/mol. The smallest absolute Gasteiger partial charge is 0.241 e. The van der Waals surface area contributed by atoms with Crippen LogP contribution in [0.1, 0.15) is 24.5 Å². The summed E-state index contributed by atoms with van der Waals surface area (Å²) in [6, 6.07) is 14.0. The number of hydrazone groups is 1. The minimum Gasteiger partial charge on any atom is -0.493 e. The van der Waals surface area contributed by atoms with Gasteiger partial charge in [-0.15, -0.1) is 0 Å². The fraction of sp³-hybridized carbons (Fsp3) is 0.300. The van der Waals surface area contributed by atoms with E-state index in [1.165, 1.54) is 35.8 Å². The second kappa shape index (κ2) is 6.98. The van der Waals surface area contributed by atoms with E-state index in [9.17, 15) is 9.18 Å². The summed E-state index contributed by atoms with van der Waals surface area (Å²) in [5, 5.41) is 6.75. The van der Waals surface area contributed by atoms with E-state index >= 15 is 0 Å². The SMILES string of the molecule is CC(=O)N1N=C(c2cccc(F)c2)S[C@@]12c1ccccc1OC[C@@H]2CCN. The molecule has 2 aliphatic heterocycles. The van der Waals surface area contributed by atoms with Crippen LogP contribution >= 0.6 is 11.8 Å². The summed E-state index contributed by atoms with van der Waals surface area (Å²) in [7, 11) is 0. The van der Waals surface area contributed by atoms with E-state index in [1.807, 2.05) is 24.3 Å². The number of fused-ring (bicyclic) bond motifs is 2. The van der Waals surface area contributed by atoms with Gasteiger partial charge in [0.25, 0.3) is 0 Å². The first-order chi connectivity index (χ1) is 13.1. The lowest BCUT2D eigenvalue weighted by atomic mass is 9.86. The Morgan fingerprint density at radius 2 is 2.19 bits per heavy atom. The Hall–Kier alpha value is -2.38. The number of hydrogen-bond donors (Lipinski definition) is 1. The topological polar surface area (TPSA) is 67.9 Å². The van der Waals surface area contributed by atoms with Crippen molar-refractivity contribution in [3.05, 3.63) is 65.5 Å². The van der Waals surface area contributed by atoms with Crippen molar-refractivity contribution >= 4 is 22.7 Å². The molecular weight excluding hydrogens is 365 g/mol. The van der Waals surface area contributed by atoms with E-state index in [0.717, 1.165) is 11.3 Å². The van der Waals surface area contributed by atoms with Crippen LogP contribution in [0, 0.1) is 11.7 Å². The predicted octanol–water partition coefficient (Wildman–Crippen LogP) is 3.29. The fourth-order valence-electron chi connectivity index (χ4n) is 3.74. The molecule has 0 saturated carbocycles. The quantitative estimate of drug-likeness (QED) is 0.880. The number of thioether (sulfide) groups is 1. The molecule has 27 heavy (non-hydrogen) atoms. The van der Waals surface area contributed by atoms with Crippen LogP contribution in [0.5, 0.6) is 5.75 Å². The molecule has 5 nitrogen and oxygen atoms in total. The Morgan fingerprint density at radius 3 is 2.93 bits per heavy atom. The van der Waals surface area contributed by atoms with Gasteiger partial charge in [-0.05, 0) is 31.2 Å². The van der Waals surface area contributed by atoms with Crippen LogP contribution in [0.3, 0.4) is 0 Å². The summed E-state index contributed by atoms with van der Waals surface area (Å²) in [5.74, 6) is 0.186. The summed E-state index contributed by atoms with van der Waals surface area (Å²) >= 11 is 1.48. The van der Waals surface area contributed by atoms with Gasteiger partial charge in [0.1, 0.15) is 16.6 Å². The molecule has 2 aromatic rings. The number of carbonyl (C=O) groups is 1. The van der Waals surface area contributed by atoms with E-state index in [2.05, 4.69) is 5.10 Å². The molecule has 0 fully saturated rings. The number of amides is 1. The highest BCUT2D eigenvalue weighted by molar-refractivity contribution is 8.15. The van der Waals surface area contributed by atoms with Crippen LogP contribution in [-0.2, 0) is 9.67 Å². The minimum atomic E-state index is -0.748. The van der Waals surface area contributed by atoms with Crippen LogP contribution < -0.4 is 10.5 Å². The molecule has 140 valence electrons. The number of rotatable bonds is 3. The van der Waals surface area contributed by atoms with E-state index in [4.69, 9.17) is 10.5 Å². The Morgan fingerprint density at radius 1 is 1.37 bits per heavy atom. The lowest BCUT2D eigenvalue weighted by Crippen LogP contribution is -2.51. The van der Waals surface area contributed by atoms with E-state index in [1.54, 1.807) is 12.1 Å². The zero-order valence-corrected chi connectivity index (χ0v) is 15.7. The summed E-state index contributed by atoms with van der Waals surface area (Å²) in [6.07, 6.45) is 0.678. The van der Waals surface area contributed by atoms with Gasteiger partial charge in [-0.3, -0.25) is 4.79 Å². The third-order valence-corrected chi connectivity index (χ3v) is 6.46. The van der Waals surface area contributed by atoms with Gasteiger partial charge in [0, 0.05) is 24.0 Å². The first kappa shape index (κ1) is 18.0. The summed E-state index contributed by atoms with van der Waals surface area (Å²) in [6.45, 7) is 2.41. The van der Waals surface area contributed by atoms with Crippen LogP contribution in [0.15, 0.2) is 53.6 Å². The van der Waals surface area contributed by atoms with Gasteiger partial charge in [-0.25, -0.2) is 9.40 Å². The molecule has 0 aromatic heterocycles. The Labute approximate surface area is 161 Å². The van der Waals surface area contributed by atoms with Crippen LogP contribution in [0.4, 0.5) is 4.39 Å².